The van der Waals surface area contributed by atoms with E-state index in [2.05, 4.69) is 8.37 Å². The first-order valence-electron chi connectivity index (χ1n) is 14.2. The number of aliphatic hydroxyl groups is 6. The standard InChI is InChI=1S/C23H40NO21S2/c1-4-5-24(9(3)27)12-18(43-22-16(31)15(30)13(28)8(2)39-22)17(11(7-26)40-21(12)32)42-23-20(45-47(36,37)38)19(44-46(33,34)35)14(29)10(6-25)41-23/h8,10-23,25-26,28-31H,4-7H2,1-3H3,(H,33,34,35)(H,36,37,38)/q-1/t8-,10+,11+,12+,13+,14-,15+,16-,17+,18+,19-,20+,21+,22-,23-/m0/s1. The summed E-state index contributed by atoms with van der Waals surface area (Å²) >= 11 is 0. The maximum Gasteiger partial charge on any atom is 0.397 e. The van der Waals surface area contributed by atoms with Crippen LogP contribution in [0.3, 0.4) is 0 Å². The van der Waals surface area contributed by atoms with E-state index in [9.17, 15) is 66.5 Å². The zero-order valence-electron chi connectivity index (χ0n) is 25.1. The molecule has 0 radical (unpaired) electrons. The van der Waals surface area contributed by atoms with Crippen LogP contribution in [0.4, 0.5) is 0 Å². The van der Waals surface area contributed by atoms with Crippen molar-refractivity contribution in [2.24, 2.45) is 0 Å². The normalized spacial score (nSPS) is 41.8. The summed E-state index contributed by atoms with van der Waals surface area (Å²) in [7, 11) is -11.1. The lowest BCUT2D eigenvalue weighted by atomic mass is 9.93. The lowest BCUT2D eigenvalue weighted by molar-refractivity contribution is -0.531. The highest BCUT2D eigenvalue weighted by atomic mass is 32.3. The van der Waals surface area contributed by atoms with Gasteiger partial charge in [-0.2, -0.15) is 16.8 Å². The van der Waals surface area contributed by atoms with Gasteiger partial charge in [0.05, 0.1) is 25.4 Å². The number of hydrogen-bond donors (Lipinski definition) is 8. The molecular formula is C23H40NO21S2-. The van der Waals surface area contributed by atoms with Crippen LogP contribution in [0.25, 0.3) is 0 Å². The van der Waals surface area contributed by atoms with E-state index in [1.54, 1.807) is 6.92 Å². The molecule has 3 aliphatic heterocycles. The zero-order valence-corrected chi connectivity index (χ0v) is 26.8. The average molecular weight is 731 g/mol. The molecule has 0 aromatic carbocycles. The van der Waals surface area contributed by atoms with E-state index in [4.69, 9.17) is 23.7 Å². The fraction of sp³-hybridized carbons (Fsp3) is 0.957. The van der Waals surface area contributed by atoms with Gasteiger partial charge in [0.15, 0.2) is 18.7 Å². The highest BCUT2D eigenvalue weighted by Gasteiger charge is 2.56. The van der Waals surface area contributed by atoms with E-state index in [1.165, 1.54) is 6.92 Å². The van der Waals surface area contributed by atoms with Gasteiger partial charge >= 0.3 is 20.8 Å². The van der Waals surface area contributed by atoms with Gasteiger partial charge in [0.2, 0.25) is 5.91 Å². The number of rotatable bonds is 13. The Kier molecular flexibility index (Phi) is 13.8. The number of carbonyl (C=O) groups is 1. The van der Waals surface area contributed by atoms with Crippen LogP contribution in [-0.2, 0) is 57.6 Å². The summed E-state index contributed by atoms with van der Waals surface area (Å²) in [4.78, 5) is 13.7. The molecule has 0 aromatic rings. The van der Waals surface area contributed by atoms with Gasteiger partial charge in [0, 0.05) is 19.8 Å². The van der Waals surface area contributed by atoms with E-state index in [1.807, 2.05) is 0 Å². The number of hydrogen-bond acceptors (Lipinski definition) is 19. The predicted octanol–water partition coefficient (Wildman–Crippen LogP) is -6.26. The molecule has 0 spiro atoms. The number of aliphatic hydroxyl groups excluding tert-OH is 6. The monoisotopic (exact) mass is 730 g/mol. The van der Waals surface area contributed by atoms with E-state index in [0.717, 1.165) is 11.8 Å². The van der Waals surface area contributed by atoms with Crippen molar-refractivity contribution in [3.8, 4) is 0 Å². The second kappa shape index (κ2) is 16.2. The maximum atomic E-state index is 13.4. The molecule has 0 aliphatic carbocycles. The molecule has 0 unspecified atom stereocenters. The lowest BCUT2D eigenvalue weighted by Gasteiger charge is -2.54. The average Bonchev–Trinajstić information content (AvgIpc) is 2.96. The van der Waals surface area contributed by atoms with Crippen molar-refractivity contribution >= 4 is 26.7 Å². The van der Waals surface area contributed by atoms with Gasteiger partial charge in [0.25, 0.3) is 0 Å². The summed E-state index contributed by atoms with van der Waals surface area (Å²) < 4.78 is 102. The molecule has 1 amide bonds. The molecule has 22 nitrogen and oxygen atoms in total. The van der Waals surface area contributed by atoms with Crippen LogP contribution < -0.4 is 5.11 Å². The van der Waals surface area contributed by atoms with Crippen molar-refractivity contribution in [2.75, 3.05) is 19.8 Å². The van der Waals surface area contributed by atoms with Crippen molar-refractivity contribution in [1.82, 2.24) is 4.90 Å². The summed E-state index contributed by atoms with van der Waals surface area (Å²) in [5.74, 6) is -0.698. The van der Waals surface area contributed by atoms with Crippen LogP contribution in [0.15, 0.2) is 0 Å². The molecule has 3 aliphatic rings. The minimum Gasteiger partial charge on any atom is -0.829 e. The summed E-state index contributed by atoms with van der Waals surface area (Å²) in [5.41, 5.74) is 0. The fourth-order valence-corrected chi connectivity index (χ4v) is 6.51. The number of nitrogens with zero attached hydrogens (tertiary/aromatic N) is 1. The minimum absolute atomic E-state index is 0.0955. The van der Waals surface area contributed by atoms with Crippen LogP contribution in [0.5, 0.6) is 0 Å². The Morgan fingerprint density at radius 2 is 1.32 bits per heavy atom. The third-order valence-corrected chi connectivity index (χ3v) is 8.61. The van der Waals surface area contributed by atoms with Crippen LogP contribution in [0.2, 0.25) is 0 Å². The Bertz CT molecular complexity index is 1260. The quantitative estimate of drug-likeness (QED) is 0.0817. The Labute approximate surface area is 269 Å². The zero-order chi connectivity index (χ0) is 35.6. The molecule has 3 rings (SSSR count). The van der Waals surface area contributed by atoms with E-state index in [-0.39, 0.29) is 13.0 Å². The predicted molar refractivity (Wildman–Crippen MR) is 144 cm³/mol. The van der Waals surface area contributed by atoms with Crippen LogP contribution in [0, 0.1) is 0 Å². The Balaban J connectivity index is 2.16. The van der Waals surface area contributed by atoms with Crippen molar-refractivity contribution in [1.29, 1.82) is 0 Å². The molecule has 276 valence electrons. The van der Waals surface area contributed by atoms with Crippen molar-refractivity contribution in [3.63, 3.8) is 0 Å². The molecule has 0 bridgehead atoms. The molecule has 0 saturated carbocycles. The molecule has 8 N–H and O–H groups in total. The van der Waals surface area contributed by atoms with Gasteiger partial charge in [-0.1, -0.05) is 6.92 Å². The maximum absolute atomic E-state index is 13.4. The molecular weight excluding hydrogens is 690 g/mol. The Hall–Kier alpha value is -1.27. The Morgan fingerprint density at radius 1 is 0.766 bits per heavy atom. The molecule has 0 aromatic heterocycles. The van der Waals surface area contributed by atoms with Crippen molar-refractivity contribution in [2.45, 2.75) is 119 Å². The summed E-state index contributed by atoms with van der Waals surface area (Å²) in [6, 6.07) is -1.70. The van der Waals surface area contributed by atoms with Gasteiger partial charge in [-0.3, -0.25) is 13.9 Å². The van der Waals surface area contributed by atoms with Crippen molar-refractivity contribution in [3.05, 3.63) is 0 Å². The largest absolute Gasteiger partial charge is 0.829 e. The Morgan fingerprint density at radius 3 is 1.83 bits per heavy atom. The summed E-state index contributed by atoms with van der Waals surface area (Å²) in [6.45, 7) is 1.78. The second-order valence-electron chi connectivity index (χ2n) is 11.0. The third kappa shape index (κ3) is 9.71. The molecule has 15 atom stereocenters. The number of carbonyl (C=O) groups excluding carboxylic acids is 1. The van der Waals surface area contributed by atoms with E-state index in [0.29, 0.717) is 0 Å². The van der Waals surface area contributed by atoms with Gasteiger partial charge in [-0.15, -0.1) is 0 Å². The molecule has 47 heavy (non-hydrogen) atoms. The third-order valence-electron chi connectivity index (χ3n) is 7.68. The first-order chi connectivity index (χ1) is 21.7. The first kappa shape index (κ1) is 40.2. The van der Waals surface area contributed by atoms with E-state index < -0.39 is 132 Å². The number of ether oxygens (including phenoxy) is 5. The smallest absolute Gasteiger partial charge is 0.397 e. The van der Waals surface area contributed by atoms with Crippen LogP contribution in [0.1, 0.15) is 27.2 Å². The van der Waals surface area contributed by atoms with Gasteiger partial charge < -0.3 is 64.3 Å². The second-order valence-corrected chi connectivity index (χ2v) is 13.1. The van der Waals surface area contributed by atoms with Crippen molar-refractivity contribution < 1.29 is 98.5 Å². The molecule has 24 heteroatoms. The minimum atomic E-state index is -5.57. The molecule has 3 fully saturated rings. The summed E-state index contributed by atoms with van der Waals surface area (Å²) in [5, 5.41) is 75.1. The molecule has 3 heterocycles. The SMILES string of the molecule is CCCN(C(C)=O)[C@@H]1[C@@H](O[C@@H]2O[C@@H](C)[C@@H](O)[C@@H](O)[C@@H]2O)[C@H](O[C@@H]2O[C@H](CO)[C@H](O)[C@H](OS(=O)(=O)O)[C@H]2OS(=O)(=O)O)[C@@H](CO)O[C@H]1[O-]. The molecule has 3 saturated heterocycles. The first-order valence-corrected chi connectivity index (χ1v) is 16.9. The summed E-state index contributed by atoms with van der Waals surface area (Å²) in [6.07, 6.45) is -27.4. The van der Waals surface area contributed by atoms with Gasteiger partial charge in [0.1, 0.15) is 54.9 Å². The van der Waals surface area contributed by atoms with Crippen LogP contribution in [-0.4, -0.2) is 179 Å². The topological polar surface area (TPSA) is 338 Å². The lowest BCUT2D eigenvalue weighted by Crippen LogP contribution is -2.72. The highest BCUT2D eigenvalue weighted by molar-refractivity contribution is 7.81. The van der Waals surface area contributed by atoms with Gasteiger partial charge in [-0.05, 0) is 13.3 Å². The van der Waals surface area contributed by atoms with Gasteiger partial charge in [-0.25, -0.2) is 8.37 Å². The fourth-order valence-electron chi connectivity index (χ4n) is 5.52. The van der Waals surface area contributed by atoms with Crippen LogP contribution >= 0.6 is 0 Å². The number of amides is 1. The van der Waals surface area contributed by atoms with E-state index >= 15 is 0 Å². The highest BCUT2D eigenvalue weighted by Crippen LogP contribution is 2.36.